The first-order chi connectivity index (χ1) is 11.6. The summed E-state index contributed by atoms with van der Waals surface area (Å²) in [5.74, 6) is -1.10. The van der Waals surface area contributed by atoms with E-state index in [1.54, 1.807) is 11.9 Å². The van der Waals surface area contributed by atoms with Crippen LogP contribution in [0.2, 0.25) is 0 Å². The maximum absolute atomic E-state index is 12.5. The van der Waals surface area contributed by atoms with Gasteiger partial charge in [0.1, 0.15) is 0 Å². The number of carbonyl (C=O) groups excluding carboxylic acids is 2. The van der Waals surface area contributed by atoms with Crippen molar-refractivity contribution < 1.29 is 19.2 Å². The maximum atomic E-state index is 12.5. The molecule has 25 heavy (non-hydrogen) atoms. The van der Waals surface area contributed by atoms with Crippen molar-refractivity contribution in [1.29, 1.82) is 0 Å². The molecule has 1 atom stereocenters. The molecule has 1 rings (SSSR count). The van der Waals surface area contributed by atoms with E-state index in [9.17, 15) is 19.7 Å². The van der Waals surface area contributed by atoms with Gasteiger partial charge >= 0.3 is 5.97 Å². The van der Waals surface area contributed by atoms with E-state index in [0.717, 1.165) is 6.07 Å². The molecule has 1 amide bonds. The third kappa shape index (κ3) is 4.91. The smallest absolute Gasteiger partial charge is 0.341 e. The number of anilines is 1. The highest BCUT2D eigenvalue weighted by atomic mass is 16.6. The van der Waals surface area contributed by atoms with E-state index >= 15 is 0 Å². The number of hydrogen-bond acceptors (Lipinski definition) is 6. The summed E-state index contributed by atoms with van der Waals surface area (Å²) in [6.07, 6.45) is -0.999. The lowest BCUT2D eigenvalue weighted by atomic mass is 10.1. The van der Waals surface area contributed by atoms with Crippen LogP contribution in [0.4, 0.5) is 11.4 Å². The molecule has 0 heterocycles. The standard InChI is InChI=1S/C17H25N3O5/c1-10(2)19(11(3)4)16(21)12(5)25-17(22)14-9-13(20(23)24)7-8-15(14)18-6/h7-12,18H,1-6H3/t12-/m0/s1. The van der Waals surface area contributed by atoms with Crippen LogP contribution in [0.3, 0.4) is 0 Å². The van der Waals surface area contributed by atoms with Crippen molar-refractivity contribution in [2.45, 2.75) is 52.8 Å². The Hall–Kier alpha value is -2.64. The van der Waals surface area contributed by atoms with E-state index in [1.807, 2.05) is 27.7 Å². The minimum Gasteiger partial charge on any atom is -0.449 e. The van der Waals surface area contributed by atoms with Gasteiger partial charge in [-0.2, -0.15) is 0 Å². The second kappa shape index (κ2) is 8.46. The van der Waals surface area contributed by atoms with E-state index in [2.05, 4.69) is 5.32 Å². The number of amides is 1. The Balaban J connectivity index is 3.03. The Kier molecular flexibility index (Phi) is 6.90. The van der Waals surface area contributed by atoms with Crippen molar-refractivity contribution in [1.82, 2.24) is 4.90 Å². The Morgan fingerprint density at radius 1 is 1.16 bits per heavy atom. The van der Waals surface area contributed by atoms with Crippen LogP contribution in [0.15, 0.2) is 18.2 Å². The number of non-ortho nitro benzene ring substituents is 1. The predicted octanol–water partition coefficient (Wildman–Crippen LogP) is 2.83. The van der Waals surface area contributed by atoms with Crippen LogP contribution < -0.4 is 5.32 Å². The minimum absolute atomic E-state index is 0.0111. The van der Waals surface area contributed by atoms with Crippen LogP contribution >= 0.6 is 0 Å². The lowest BCUT2D eigenvalue weighted by Crippen LogP contribution is -2.47. The zero-order chi connectivity index (χ0) is 19.3. The average molecular weight is 351 g/mol. The number of nitrogens with zero attached hydrogens (tertiary/aromatic N) is 2. The largest absolute Gasteiger partial charge is 0.449 e. The summed E-state index contributed by atoms with van der Waals surface area (Å²) in [6, 6.07) is 3.76. The Morgan fingerprint density at radius 2 is 1.72 bits per heavy atom. The maximum Gasteiger partial charge on any atom is 0.341 e. The highest BCUT2D eigenvalue weighted by Gasteiger charge is 2.29. The summed E-state index contributed by atoms with van der Waals surface area (Å²) >= 11 is 0. The third-order valence-corrected chi connectivity index (χ3v) is 3.70. The number of benzene rings is 1. The SMILES string of the molecule is CNc1ccc([N+](=O)[O-])cc1C(=O)O[C@@H](C)C(=O)N(C(C)C)C(C)C. The normalized spacial score (nSPS) is 12.0. The number of esters is 1. The molecule has 0 fully saturated rings. The molecular formula is C17H25N3O5. The quantitative estimate of drug-likeness (QED) is 0.460. The molecule has 0 aromatic heterocycles. The Bertz CT molecular complexity index is 650. The van der Waals surface area contributed by atoms with Crippen LogP contribution in [-0.2, 0) is 9.53 Å². The second-order valence-corrected chi connectivity index (χ2v) is 6.22. The molecule has 0 saturated heterocycles. The van der Waals surface area contributed by atoms with Gasteiger partial charge in [-0.05, 0) is 40.7 Å². The van der Waals surface area contributed by atoms with E-state index < -0.39 is 17.0 Å². The Labute approximate surface area is 147 Å². The van der Waals surface area contributed by atoms with Crippen molar-refractivity contribution >= 4 is 23.3 Å². The first-order valence-electron chi connectivity index (χ1n) is 8.09. The molecule has 1 aromatic carbocycles. The van der Waals surface area contributed by atoms with Crippen molar-refractivity contribution in [3.63, 3.8) is 0 Å². The van der Waals surface area contributed by atoms with E-state index in [-0.39, 0.29) is 29.2 Å². The summed E-state index contributed by atoms with van der Waals surface area (Å²) < 4.78 is 5.26. The van der Waals surface area contributed by atoms with Gasteiger partial charge in [-0.1, -0.05) is 0 Å². The number of rotatable bonds is 7. The average Bonchev–Trinajstić information content (AvgIpc) is 2.53. The number of carbonyl (C=O) groups is 2. The van der Waals surface area contributed by atoms with Gasteiger partial charge in [0, 0.05) is 37.0 Å². The van der Waals surface area contributed by atoms with Crippen molar-refractivity contribution in [3.05, 3.63) is 33.9 Å². The predicted molar refractivity (Wildman–Crippen MR) is 94.6 cm³/mol. The van der Waals surface area contributed by atoms with Crippen LogP contribution in [0.25, 0.3) is 0 Å². The molecule has 0 saturated carbocycles. The first kappa shape index (κ1) is 20.4. The molecule has 0 bridgehead atoms. The summed E-state index contributed by atoms with van der Waals surface area (Å²) in [6.45, 7) is 9.02. The highest BCUT2D eigenvalue weighted by molar-refractivity contribution is 5.98. The molecule has 0 aliphatic heterocycles. The molecule has 0 unspecified atom stereocenters. The topological polar surface area (TPSA) is 102 Å². The number of hydrogen-bond donors (Lipinski definition) is 1. The number of nitro groups is 1. The van der Waals surface area contributed by atoms with Gasteiger partial charge in [-0.25, -0.2) is 4.79 Å². The molecule has 0 spiro atoms. The lowest BCUT2D eigenvalue weighted by molar-refractivity contribution is -0.384. The highest BCUT2D eigenvalue weighted by Crippen LogP contribution is 2.23. The lowest BCUT2D eigenvalue weighted by Gasteiger charge is -2.32. The zero-order valence-corrected chi connectivity index (χ0v) is 15.4. The monoisotopic (exact) mass is 351 g/mol. The van der Waals surface area contributed by atoms with Crippen LogP contribution in [0.5, 0.6) is 0 Å². The van der Waals surface area contributed by atoms with Crippen molar-refractivity contribution in [3.8, 4) is 0 Å². The van der Waals surface area contributed by atoms with Gasteiger partial charge < -0.3 is 15.0 Å². The molecule has 0 radical (unpaired) electrons. The van der Waals surface area contributed by atoms with Crippen LogP contribution in [0, 0.1) is 10.1 Å². The van der Waals surface area contributed by atoms with Gasteiger partial charge in [-0.15, -0.1) is 0 Å². The first-order valence-corrected chi connectivity index (χ1v) is 8.09. The van der Waals surface area contributed by atoms with Crippen molar-refractivity contribution in [2.24, 2.45) is 0 Å². The molecule has 1 N–H and O–H groups in total. The fourth-order valence-corrected chi connectivity index (χ4v) is 2.62. The van der Waals surface area contributed by atoms with E-state index in [1.165, 1.54) is 19.1 Å². The van der Waals surface area contributed by atoms with Gasteiger partial charge in [0.05, 0.1) is 10.5 Å². The van der Waals surface area contributed by atoms with Gasteiger partial charge in [0.15, 0.2) is 6.10 Å². The number of nitro benzene ring substituents is 1. The summed E-state index contributed by atoms with van der Waals surface area (Å²) in [4.78, 5) is 36.9. The van der Waals surface area contributed by atoms with Gasteiger partial charge in [-0.3, -0.25) is 14.9 Å². The van der Waals surface area contributed by atoms with E-state index in [0.29, 0.717) is 5.69 Å². The zero-order valence-electron chi connectivity index (χ0n) is 15.4. The number of nitrogens with one attached hydrogen (secondary N) is 1. The van der Waals surface area contributed by atoms with E-state index in [4.69, 9.17) is 4.74 Å². The van der Waals surface area contributed by atoms with Crippen LogP contribution in [0.1, 0.15) is 45.0 Å². The fraction of sp³-hybridized carbons (Fsp3) is 0.529. The minimum atomic E-state index is -0.999. The molecule has 8 nitrogen and oxygen atoms in total. The number of ether oxygens (including phenoxy) is 1. The van der Waals surface area contributed by atoms with Crippen LogP contribution in [-0.4, -0.2) is 46.9 Å². The molecular weight excluding hydrogens is 326 g/mol. The molecule has 0 aliphatic carbocycles. The summed E-state index contributed by atoms with van der Waals surface area (Å²) in [5, 5.41) is 13.7. The summed E-state index contributed by atoms with van der Waals surface area (Å²) in [5.41, 5.74) is 0.174. The molecule has 8 heteroatoms. The van der Waals surface area contributed by atoms with Gasteiger partial charge in [0.2, 0.25) is 0 Å². The third-order valence-electron chi connectivity index (χ3n) is 3.70. The fourth-order valence-electron chi connectivity index (χ4n) is 2.62. The van der Waals surface area contributed by atoms with Gasteiger partial charge in [0.25, 0.3) is 11.6 Å². The second-order valence-electron chi connectivity index (χ2n) is 6.22. The summed E-state index contributed by atoms with van der Waals surface area (Å²) in [7, 11) is 1.59. The van der Waals surface area contributed by atoms with Crippen molar-refractivity contribution in [2.75, 3.05) is 12.4 Å². The molecule has 0 aliphatic rings. The molecule has 138 valence electrons. The molecule has 1 aromatic rings. The Morgan fingerprint density at radius 3 is 2.16 bits per heavy atom.